The van der Waals surface area contributed by atoms with Gasteiger partial charge < -0.3 is 15.7 Å². The van der Waals surface area contributed by atoms with Crippen molar-refractivity contribution in [3.05, 3.63) is 23.4 Å². The number of nitrogens with two attached hydrogens (primary N) is 1. The maximum absolute atomic E-state index is 12.8. The summed E-state index contributed by atoms with van der Waals surface area (Å²) in [4.78, 5) is 37.8. The van der Waals surface area contributed by atoms with E-state index in [-0.39, 0.29) is 24.2 Å². The van der Waals surface area contributed by atoms with E-state index in [0.29, 0.717) is 18.9 Å². The quantitative estimate of drug-likeness (QED) is 0.482. The normalized spacial score (nSPS) is 25.1. The van der Waals surface area contributed by atoms with E-state index in [1.807, 2.05) is 13.0 Å². The van der Waals surface area contributed by atoms with Crippen LogP contribution < -0.4 is 5.73 Å². The van der Waals surface area contributed by atoms with Gasteiger partial charge in [-0.15, -0.1) is 0 Å². The van der Waals surface area contributed by atoms with Gasteiger partial charge in [-0.3, -0.25) is 14.4 Å². The van der Waals surface area contributed by atoms with E-state index in [0.717, 1.165) is 12.0 Å². The highest BCUT2D eigenvalue weighted by Crippen LogP contribution is 2.33. The van der Waals surface area contributed by atoms with E-state index in [1.54, 1.807) is 18.0 Å². The van der Waals surface area contributed by atoms with Gasteiger partial charge in [0.25, 0.3) is 0 Å². The van der Waals surface area contributed by atoms with Crippen molar-refractivity contribution < 1.29 is 19.5 Å². The number of hydrogen-bond donors (Lipinski definition) is 2. The van der Waals surface area contributed by atoms with Gasteiger partial charge in [0.15, 0.2) is 5.78 Å². The molecule has 0 aromatic carbocycles. The number of ketones is 2. The Hall–Kier alpha value is -1.95. The summed E-state index contributed by atoms with van der Waals surface area (Å²) in [6.07, 6.45) is 5.42. The highest BCUT2D eigenvalue weighted by atomic mass is 16.3. The number of Topliss-reactive ketones (excluding diaryl/α,β-unsaturated/α-hetero) is 2. The Labute approximate surface area is 156 Å². The summed E-state index contributed by atoms with van der Waals surface area (Å²) in [5.41, 5.74) is 4.39. The first kappa shape index (κ1) is 22.1. The van der Waals surface area contributed by atoms with E-state index in [4.69, 9.17) is 5.73 Å². The molecule has 0 radical (unpaired) electrons. The number of amides is 1. The van der Waals surface area contributed by atoms with Gasteiger partial charge in [-0.25, -0.2) is 0 Å². The minimum Gasteiger partial charge on any atom is -0.379 e. The molecule has 1 heterocycles. The van der Waals surface area contributed by atoms with Crippen LogP contribution in [0, 0.1) is 5.92 Å². The maximum Gasteiger partial charge on any atom is 0.217 e. The first-order valence-corrected chi connectivity index (χ1v) is 9.30. The molecule has 0 spiro atoms. The molecule has 0 saturated carbocycles. The van der Waals surface area contributed by atoms with Crippen molar-refractivity contribution in [3.63, 3.8) is 0 Å². The average molecular weight is 364 g/mol. The third-order valence-corrected chi connectivity index (χ3v) is 4.95. The number of rotatable bonds is 9. The highest BCUT2D eigenvalue weighted by Gasteiger charge is 2.48. The SMILES string of the molecule is CCC(=O)C1=CN(CCCC(N)=O)C(C(C)=CC(C)CC)C(C)(O)C1=O. The van der Waals surface area contributed by atoms with Gasteiger partial charge in [-0.1, -0.05) is 38.8 Å². The topological polar surface area (TPSA) is 101 Å². The lowest BCUT2D eigenvalue weighted by Gasteiger charge is -2.44. The van der Waals surface area contributed by atoms with Crippen molar-refractivity contribution in [2.45, 2.75) is 71.9 Å². The van der Waals surface area contributed by atoms with Gasteiger partial charge in [0.05, 0.1) is 11.6 Å². The van der Waals surface area contributed by atoms with Crippen LogP contribution in [0.3, 0.4) is 0 Å². The third-order valence-electron chi connectivity index (χ3n) is 4.95. The summed E-state index contributed by atoms with van der Waals surface area (Å²) in [6, 6.07) is -0.578. The predicted molar refractivity (Wildman–Crippen MR) is 101 cm³/mol. The first-order chi connectivity index (χ1) is 12.1. The van der Waals surface area contributed by atoms with Crippen LogP contribution in [-0.2, 0) is 14.4 Å². The molecule has 1 amide bonds. The molecule has 3 N–H and O–H groups in total. The number of carbonyl (C=O) groups is 3. The Morgan fingerprint density at radius 1 is 1.42 bits per heavy atom. The molecule has 6 nitrogen and oxygen atoms in total. The smallest absolute Gasteiger partial charge is 0.217 e. The Morgan fingerprint density at radius 2 is 2.04 bits per heavy atom. The molecule has 26 heavy (non-hydrogen) atoms. The van der Waals surface area contributed by atoms with Crippen molar-refractivity contribution in [3.8, 4) is 0 Å². The fourth-order valence-corrected chi connectivity index (χ4v) is 3.40. The Kier molecular flexibility index (Phi) is 7.75. The summed E-state index contributed by atoms with van der Waals surface area (Å²) in [5.74, 6) is -0.937. The number of primary amides is 1. The van der Waals surface area contributed by atoms with Gasteiger partial charge in [0.2, 0.25) is 11.7 Å². The summed E-state index contributed by atoms with van der Waals surface area (Å²) < 4.78 is 0. The summed E-state index contributed by atoms with van der Waals surface area (Å²) in [7, 11) is 0. The van der Waals surface area contributed by atoms with Crippen LogP contribution in [0.15, 0.2) is 23.4 Å². The number of hydrogen-bond acceptors (Lipinski definition) is 5. The molecule has 0 aliphatic carbocycles. The van der Waals surface area contributed by atoms with Gasteiger partial charge in [0.1, 0.15) is 5.60 Å². The van der Waals surface area contributed by atoms with Crippen LogP contribution in [-0.4, -0.2) is 45.7 Å². The van der Waals surface area contributed by atoms with Gasteiger partial charge >= 0.3 is 0 Å². The molecule has 0 aromatic heterocycles. The third kappa shape index (κ3) is 5.04. The lowest BCUT2D eigenvalue weighted by Crippen LogP contribution is -2.59. The van der Waals surface area contributed by atoms with Crippen molar-refractivity contribution in [2.24, 2.45) is 11.7 Å². The molecule has 0 fully saturated rings. The van der Waals surface area contributed by atoms with Crippen LogP contribution in [0.4, 0.5) is 0 Å². The van der Waals surface area contributed by atoms with Crippen LogP contribution in [0.1, 0.15) is 60.3 Å². The minimum atomic E-state index is -1.71. The molecule has 0 saturated heterocycles. The lowest BCUT2D eigenvalue weighted by molar-refractivity contribution is -0.140. The molecule has 1 rings (SSSR count). The lowest BCUT2D eigenvalue weighted by atomic mass is 9.78. The van der Waals surface area contributed by atoms with Crippen molar-refractivity contribution in [2.75, 3.05) is 6.54 Å². The second-order valence-electron chi connectivity index (χ2n) is 7.30. The molecular weight excluding hydrogens is 332 g/mol. The minimum absolute atomic E-state index is 0.0177. The first-order valence-electron chi connectivity index (χ1n) is 9.30. The number of allylic oxidation sites excluding steroid dienone is 1. The Balaban J connectivity index is 3.33. The van der Waals surface area contributed by atoms with E-state index < -0.39 is 23.3 Å². The van der Waals surface area contributed by atoms with Crippen LogP contribution >= 0.6 is 0 Å². The fourth-order valence-electron chi connectivity index (χ4n) is 3.40. The zero-order valence-corrected chi connectivity index (χ0v) is 16.5. The molecule has 0 bridgehead atoms. The van der Waals surface area contributed by atoms with Crippen molar-refractivity contribution in [1.29, 1.82) is 0 Å². The van der Waals surface area contributed by atoms with Crippen LogP contribution in [0.5, 0.6) is 0 Å². The second kappa shape index (κ2) is 9.12. The number of aliphatic hydroxyl groups is 1. The standard InChI is InChI=1S/C20H32N2O4/c1-6-13(3)11-14(4)18-20(5,26)19(25)15(16(23)7-2)12-22(18)10-8-9-17(21)24/h11-13,18,26H,6-10H2,1-5H3,(H2,21,24). The van der Waals surface area contributed by atoms with Crippen LogP contribution in [0.2, 0.25) is 0 Å². The van der Waals surface area contributed by atoms with E-state index in [2.05, 4.69) is 13.8 Å². The predicted octanol–water partition coefficient (Wildman–Crippen LogP) is 2.11. The van der Waals surface area contributed by atoms with E-state index >= 15 is 0 Å². The molecule has 0 aromatic rings. The molecule has 3 atom stereocenters. The molecule has 146 valence electrons. The molecule has 1 aliphatic heterocycles. The summed E-state index contributed by atoms with van der Waals surface area (Å²) in [5, 5.41) is 11.0. The van der Waals surface area contributed by atoms with Gasteiger partial charge in [-0.2, -0.15) is 0 Å². The van der Waals surface area contributed by atoms with Crippen molar-refractivity contribution >= 4 is 17.5 Å². The highest BCUT2D eigenvalue weighted by molar-refractivity contribution is 6.23. The monoisotopic (exact) mass is 364 g/mol. The Morgan fingerprint density at radius 3 is 2.54 bits per heavy atom. The summed E-state index contributed by atoms with van der Waals surface area (Å²) >= 11 is 0. The fraction of sp³-hybridized carbons (Fsp3) is 0.650. The molecule has 1 aliphatic rings. The van der Waals surface area contributed by atoms with Gasteiger partial charge in [0, 0.05) is 25.6 Å². The van der Waals surface area contributed by atoms with Crippen LogP contribution in [0.25, 0.3) is 0 Å². The molecule has 3 unspecified atom stereocenters. The molecule has 6 heteroatoms. The van der Waals surface area contributed by atoms with E-state index in [1.165, 1.54) is 6.92 Å². The second-order valence-corrected chi connectivity index (χ2v) is 7.30. The largest absolute Gasteiger partial charge is 0.379 e. The van der Waals surface area contributed by atoms with E-state index in [9.17, 15) is 19.5 Å². The zero-order valence-electron chi connectivity index (χ0n) is 16.5. The zero-order chi connectivity index (χ0) is 20.1. The average Bonchev–Trinajstić information content (AvgIpc) is 2.56. The maximum atomic E-state index is 12.8. The Bertz CT molecular complexity index is 619. The van der Waals surface area contributed by atoms with Crippen molar-refractivity contribution in [1.82, 2.24) is 4.90 Å². The number of nitrogens with zero attached hydrogens (tertiary/aromatic N) is 1. The van der Waals surface area contributed by atoms with Gasteiger partial charge in [-0.05, 0) is 26.2 Å². The molecular formula is C20H32N2O4. The number of carbonyl (C=O) groups excluding carboxylic acids is 3. The summed E-state index contributed by atoms with van der Waals surface area (Å²) in [6.45, 7) is 9.60.